The number of aromatic nitrogens is 3. The molecule has 1 aliphatic rings. The second kappa shape index (κ2) is 7.77. The molecule has 0 fully saturated rings. The van der Waals surface area contributed by atoms with Gasteiger partial charge in [-0.1, -0.05) is 11.3 Å². The summed E-state index contributed by atoms with van der Waals surface area (Å²) < 4.78 is 16.2. The number of fused-ring (bicyclic) bond motifs is 2. The van der Waals surface area contributed by atoms with E-state index in [1.165, 1.54) is 11.3 Å². The van der Waals surface area contributed by atoms with E-state index >= 15 is 0 Å². The Bertz CT molecular complexity index is 1050. The van der Waals surface area contributed by atoms with Crippen molar-refractivity contribution in [3.05, 3.63) is 34.9 Å². The number of rotatable bonds is 5. The number of nitrogens with zero attached hydrogens (tertiary/aromatic N) is 4. The highest BCUT2D eigenvalue weighted by Crippen LogP contribution is 2.35. The number of benzene rings is 1. The Balaban J connectivity index is 1.81. The minimum atomic E-state index is -0.330. The molecule has 1 aromatic carbocycles. The fourth-order valence-electron chi connectivity index (χ4n) is 2.89. The van der Waals surface area contributed by atoms with Crippen LogP contribution in [-0.2, 0) is 13.1 Å². The third-order valence-corrected chi connectivity index (χ3v) is 5.88. The van der Waals surface area contributed by atoms with Gasteiger partial charge in [0.05, 0.1) is 10.2 Å². The van der Waals surface area contributed by atoms with E-state index in [1.807, 2.05) is 19.1 Å². The maximum absolute atomic E-state index is 12.6. The van der Waals surface area contributed by atoms with Gasteiger partial charge >= 0.3 is 0 Å². The number of carbonyl (C=O) groups is 1. The van der Waals surface area contributed by atoms with Crippen LogP contribution in [0.15, 0.2) is 29.4 Å². The summed E-state index contributed by atoms with van der Waals surface area (Å²) in [7, 11) is 0. The molecule has 0 atom stereocenters. The van der Waals surface area contributed by atoms with Gasteiger partial charge in [0.15, 0.2) is 22.0 Å². The molecular weight excluding hydrogens is 384 g/mol. The molecule has 0 saturated heterocycles. The molecule has 0 aliphatic carbocycles. The predicted octanol–water partition coefficient (Wildman–Crippen LogP) is 2.79. The molecule has 0 bridgehead atoms. The Morgan fingerprint density at radius 2 is 2.11 bits per heavy atom. The number of thiazole rings is 1. The maximum Gasteiger partial charge on any atom is 0.300 e. The lowest BCUT2D eigenvalue weighted by molar-refractivity contribution is 0.0992. The fraction of sp³-hybridized carbons (Fsp3) is 0.389. The highest BCUT2D eigenvalue weighted by molar-refractivity contribution is 7.98. The van der Waals surface area contributed by atoms with E-state index in [0.717, 1.165) is 40.6 Å². The molecule has 1 aliphatic heterocycles. The lowest BCUT2D eigenvalue weighted by atomic mass is 10.2. The van der Waals surface area contributed by atoms with E-state index in [9.17, 15) is 4.79 Å². The molecule has 0 spiro atoms. The molecule has 142 valence electrons. The van der Waals surface area contributed by atoms with Gasteiger partial charge in [0.2, 0.25) is 0 Å². The van der Waals surface area contributed by atoms with Crippen LogP contribution in [0.5, 0.6) is 11.5 Å². The van der Waals surface area contributed by atoms with Crippen molar-refractivity contribution < 1.29 is 14.3 Å². The van der Waals surface area contributed by atoms with Gasteiger partial charge in [0.1, 0.15) is 13.2 Å². The van der Waals surface area contributed by atoms with Crippen LogP contribution in [0, 0.1) is 0 Å². The van der Waals surface area contributed by atoms with Crippen LogP contribution in [-0.4, -0.2) is 45.5 Å². The van der Waals surface area contributed by atoms with Crippen LogP contribution in [0.1, 0.15) is 17.4 Å². The standard InChI is InChI=1S/C18H20N4O3S2/c1-3-21-5-4-12(20-21)17(23)19-18-22(6-9-26-2)13-10-14-15(11-16(13)27-18)25-8-7-24-14/h4-5,10-11H,3,6-9H2,1-2H3. The van der Waals surface area contributed by atoms with Crippen molar-refractivity contribution in [2.75, 3.05) is 25.2 Å². The van der Waals surface area contributed by atoms with E-state index in [1.54, 1.807) is 28.7 Å². The molecule has 1 amide bonds. The summed E-state index contributed by atoms with van der Waals surface area (Å²) in [5.74, 6) is 2.08. The van der Waals surface area contributed by atoms with Crippen LogP contribution in [0.4, 0.5) is 0 Å². The van der Waals surface area contributed by atoms with Crippen molar-refractivity contribution in [2.45, 2.75) is 20.0 Å². The summed E-state index contributed by atoms with van der Waals surface area (Å²) in [6, 6.07) is 5.66. The Labute approximate surface area is 164 Å². The van der Waals surface area contributed by atoms with Gasteiger partial charge in [-0.25, -0.2) is 0 Å². The molecular formula is C18H20N4O3S2. The molecule has 0 radical (unpaired) electrons. The monoisotopic (exact) mass is 404 g/mol. The van der Waals surface area contributed by atoms with Gasteiger partial charge in [-0.05, 0) is 19.2 Å². The molecule has 3 aromatic rings. The Hall–Kier alpha value is -2.26. The average molecular weight is 405 g/mol. The predicted molar refractivity (Wildman–Crippen MR) is 107 cm³/mol. The van der Waals surface area contributed by atoms with Gasteiger partial charge in [-0.15, -0.1) is 0 Å². The van der Waals surface area contributed by atoms with E-state index in [4.69, 9.17) is 9.47 Å². The first-order chi connectivity index (χ1) is 13.2. The summed E-state index contributed by atoms with van der Waals surface area (Å²) in [4.78, 5) is 17.6. The van der Waals surface area contributed by atoms with Gasteiger partial charge in [0, 0.05) is 37.2 Å². The van der Waals surface area contributed by atoms with Crippen molar-refractivity contribution in [3.8, 4) is 11.5 Å². The Morgan fingerprint density at radius 3 is 2.81 bits per heavy atom. The number of hydrogen-bond acceptors (Lipinski definition) is 6. The zero-order valence-electron chi connectivity index (χ0n) is 15.2. The molecule has 0 unspecified atom stereocenters. The lowest BCUT2D eigenvalue weighted by Crippen LogP contribution is -2.19. The first-order valence-electron chi connectivity index (χ1n) is 8.74. The number of ether oxygens (including phenoxy) is 2. The van der Waals surface area contributed by atoms with Gasteiger partial charge in [-0.2, -0.15) is 21.9 Å². The number of hydrogen-bond donors (Lipinski definition) is 0. The van der Waals surface area contributed by atoms with Crippen molar-refractivity contribution >= 4 is 39.2 Å². The van der Waals surface area contributed by atoms with Crippen LogP contribution >= 0.6 is 23.1 Å². The molecule has 0 N–H and O–H groups in total. The molecule has 9 heteroatoms. The molecule has 3 heterocycles. The highest BCUT2D eigenvalue weighted by Gasteiger charge is 2.17. The molecule has 27 heavy (non-hydrogen) atoms. The summed E-state index contributed by atoms with van der Waals surface area (Å²) in [5, 5.41) is 4.26. The van der Waals surface area contributed by atoms with Crippen molar-refractivity contribution in [2.24, 2.45) is 4.99 Å². The Morgan fingerprint density at radius 1 is 1.33 bits per heavy atom. The van der Waals surface area contributed by atoms with Crippen LogP contribution in [0.25, 0.3) is 10.2 Å². The second-order valence-electron chi connectivity index (χ2n) is 5.97. The van der Waals surface area contributed by atoms with Crippen LogP contribution in [0.3, 0.4) is 0 Å². The maximum atomic E-state index is 12.6. The molecule has 2 aromatic heterocycles. The third-order valence-electron chi connectivity index (χ3n) is 4.25. The van der Waals surface area contributed by atoms with E-state index in [0.29, 0.717) is 23.7 Å². The zero-order valence-corrected chi connectivity index (χ0v) is 16.8. The quantitative estimate of drug-likeness (QED) is 0.654. The second-order valence-corrected chi connectivity index (χ2v) is 7.96. The van der Waals surface area contributed by atoms with Crippen LogP contribution in [0.2, 0.25) is 0 Å². The third kappa shape index (κ3) is 3.61. The topological polar surface area (TPSA) is 70.6 Å². The smallest absolute Gasteiger partial charge is 0.300 e. The molecule has 0 saturated carbocycles. The van der Waals surface area contributed by atoms with E-state index < -0.39 is 0 Å². The number of carbonyl (C=O) groups excluding carboxylic acids is 1. The number of aryl methyl sites for hydroxylation is 2. The molecule has 4 rings (SSSR count). The van der Waals surface area contributed by atoms with E-state index in [-0.39, 0.29) is 5.91 Å². The number of amides is 1. The Kier molecular flexibility index (Phi) is 5.22. The zero-order chi connectivity index (χ0) is 18.8. The minimum absolute atomic E-state index is 0.330. The molecule has 7 nitrogen and oxygen atoms in total. The summed E-state index contributed by atoms with van der Waals surface area (Å²) in [6.07, 6.45) is 3.85. The van der Waals surface area contributed by atoms with Crippen molar-refractivity contribution in [3.63, 3.8) is 0 Å². The SMILES string of the molecule is CCn1ccc(C(=O)N=c2sc3cc4c(cc3n2CCSC)OCCO4)n1. The lowest BCUT2D eigenvalue weighted by Gasteiger charge is -2.18. The van der Waals surface area contributed by atoms with Crippen molar-refractivity contribution in [1.29, 1.82) is 0 Å². The van der Waals surface area contributed by atoms with Gasteiger partial charge in [0.25, 0.3) is 5.91 Å². The average Bonchev–Trinajstić information content (AvgIpc) is 3.29. The normalized spacial score (nSPS) is 14.1. The summed E-state index contributed by atoms with van der Waals surface area (Å²) in [5.41, 5.74) is 1.36. The van der Waals surface area contributed by atoms with E-state index in [2.05, 4.69) is 20.9 Å². The van der Waals surface area contributed by atoms with Crippen LogP contribution < -0.4 is 14.3 Å². The van der Waals surface area contributed by atoms with Crippen molar-refractivity contribution in [1.82, 2.24) is 14.3 Å². The summed E-state index contributed by atoms with van der Waals surface area (Å²) >= 11 is 3.23. The number of thioether (sulfide) groups is 1. The largest absolute Gasteiger partial charge is 0.486 e. The fourth-order valence-corrected chi connectivity index (χ4v) is 4.32. The van der Waals surface area contributed by atoms with Gasteiger partial charge < -0.3 is 14.0 Å². The first kappa shape index (κ1) is 18.1. The first-order valence-corrected chi connectivity index (χ1v) is 10.9. The minimum Gasteiger partial charge on any atom is -0.486 e. The highest BCUT2D eigenvalue weighted by atomic mass is 32.2. The van der Waals surface area contributed by atoms with Gasteiger partial charge in [-0.3, -0.25) is 9.48 Å². The summed E-state index contributed by atoms with van der Waals surface area (Å²) in [6.45, 7) is 4.55.